The molecule has 2 heterocycles. The molecule has 0 radical (unpaired) electrons. The Bertz CT molecular complexity index is 657. The van der Waals surface area contributed by atoms with Crippen LogP contribution in [0.5, 0.6) is 0 Å². The Balaban J connectivity index is 2.29. The number of rotatable bonds is 4. The van der Waals surface area contributed by atoms with Crippen molar-refractivity contribution in [2.45, 2.75) is 26.3 Å². The van der Waals surface area contributed by atoms with E-state index in [4.69, 9.17) is 9.63 Å². The van der Waals surface area contributed by atoms with Gasteiger partial charge < -0.3 is 14.2 Å². The molecular weight excluding hydrogens is 250 g/mol. The molecule has 100 valence electrons. The molecule has 0 aliphatic rings. The average molecular weight is 263 g/mol. The lowest BCUT2D eigenvalue weighted by Gasteiger charge is -2.02. The highest BCUT2D eigenvalue weighted by Gasteiger charge is 2.12. The molecule has 0 atom stereocenters. The Labute approximate surface area is 108 Å². The third-order valence-corrected chi connectivity index (χ3v) is 2.54. The summed E-state index contributed by atoms with van der Waals surface area (Å²) in [6, 6.07) is 2.46. The summed E-state index contributed by atoms with van der Waals surface area (Å²) < 4.78 is 6.24. The topological polar surface area (TPSA) is 98.2 Å². The minimum Gasteiger partial charge on any atom is -0.478 e. The maximum absolute atomic E-state index is 11.6. The summed E-state index contributed by atoms with van der Waals surface area (Å²) in [6.07, 6.45) is 1.25. The van der Waals surface area contributed by atoms with Crippen LogP contribution in [0.15, 0.2) is 27.6 Å². The zero-order valence-electron chi connectivity index (χ0n) is 10.5. The van der Waals surface area contributed by atoms with Gasteiger partial charge in [-0.15, -0.1) is 0 Å². The van der Waals surface area contributed by atoms with Crippen molar-refractivity contribution in [2.24, 2.45) is 0 Å². The van der Waals surface area contributed by atoms with Gasteiger partial charge in [0.15, 0.2) is 5.82 Å². The molecule has 0 aromatic carbocycles. The van der Waals surface area contributed by atoms with E-state index in [1.54, 1.807) is 0 Å². The lowest BCUT2D eigenvalue weighted by molar-refractivity contribution is 0.0695. The molecule has 0 aliphatic carbocycles. The number of aromatic nitrogens is 3. The summed E-state index contributed by atoms with van der Waals surface area (Å²) in [6.45, 7) is 3.90. The molecule has 0 saturated heterocycles. The fourth-order valence-corrected chi connectivity index (χ4v) is 1.49. The lowest BCUT2D eigenvalue weighted by Crippen LogP contribution is -2.20. The monoisotopic (exact) mass is 263 g/mol. The normalized spacial score (nSPS) is 10.9. The van der Waals surface area contributed by atoms with Crippen LogP contribution in [0.2, 0.25) is 0 Å². The predicted molar refractivity (Wildman–Crippen MR) is 65.2 cm³/mol. The Morgan fingerprint density at radius 2 is 2.21 bits per heavy atom. The van der Waals surface area contributed by atoms with Gasteiger partial charge in [-0.2, -0.15) is 4.98 Å². The molecule has 0 aliphatic heterocycles. The zero-order valence-corrected chi connectivity index (χ0v) is 10.5. The van der Waals surface area contributed by atoms with Crippen LogP contribution in [0.4, 0.5) is 0 Å². The zero-order chi connectivity index (χ0) is 14.0. The average Bonchev–Trinajstić information content (AvgIpc) is 2.80. The van der Waals surface area contributed by atoms with Crippen LogP contribution in [0.25, 0.3) is 0 Å². The van der Waals surface area contributed by atoms with E-state index < -0.39 is 5.97 Å². The van der Waals surface area contributed by atoms with Crippen molar-refractivity contribution < 1.29 is 14.4 Å². The maximum Gasteiger partial charge on any atom is 0.337 e. The summed E-state index contributed by atoms with van der Waals surface area (Å²) in [5.41, 5.74) is -0.294. The standard InChI is InChI=1S/C12H13N3O4/c1-7(2)11-13-9(19-14-11)6-15-5-8(12(17)18)3-4-10(15)16/h3-5,7H,6H2,1-2H3,(H,17,18). The number of hydrogen-bond donors (Lipinski definition) is 1. The van der Waals surface area contributed by atoms with Crippen molar-refractivity contribution >= 4 is 5.97 Å². The quantitative estimate of drug-likeness (QED) is 0.886. The maximum atomic E-state index is 11.6. The van der Waals surface area contributed by atoms with E-state index in [-0.39, 0.29) is 29.5 Å². The van der Waals surface area contributed by atoms with Crippen molar-refractivity contribution in [1.82, 2.24) is 14.7 Å². The van der Waals surface area contributed by atoms with Gasteiger partial charge in [-0.25, -0.2) is 4.79 Å². The molecule has 2 aromatic heterocycles. The van der Waals surface area contributed by atoms with E-state index in [9.17, 15) is 9.59 Å². The molecule has 0 bridgehead atoms. The van der Waals surface area contributed by atoms with Crippen LogP contribution < -0.4 is 5.56 Å². The summed E-state index contributed by atoms with van der Waals surface area (Å²) in [7, 11) is 0. The fourth-order valence-electron chi connectivity index (χ4n) is 1.49. The highest BCUT2D eigenvalue weighted by molar-refractivity contribution is 5.87. The first-order chi connectivity index (χ1) is 8.97. The van der Waals surface area contributed by atoms with Crippen LogP contribution in [-0.2, 0) is 6.54 Å². The van der Waals surface area contributed by atoms with Crippen LogP contribution >= 0.6 is 0 Å². The second-order valence-corrected chi connectivity index (χ2v) is 4.39. The number of carboxylic acid groups (broad SMARTS) is 1. The number of carbonyl (C=O) groups is 1. The predicted octanol–water partition coefficient (Wildman–Crippen LogP) is 1.10. The first-order valence-electron chi connectivity index (χ1n) is 5.73. The number of nitrogens with zero attached hydrogens (tertiary/aromatic N) is 3. The minimum absolute atomic E-state index is 0.0307. The van der Waals surface area contributed by atoms with Gasteiger partial charge >= 0.3 is 5.97 Å². The molecule has 2 rings (SSSR count). The molecule has 0 fully saturated rings. The Hall–Kier alpha value is -2.44. The van der Waals surface area contributed by atoms with Gasteiger partial charge in [0.1, 0.15) is 6.54 Å². The molecular formula is C12H13N3O4. The molecule has 2 aromatic rings. The molecule has 7 nitrogen and oxygen atoms in total. The van der Waals surface area contributed by atoms with Gasteiger partial charge in [-0.1, -0.05) is 19.0 Å². The summed E-state index contributed by atoms with van der Waals surface area (Å²) in [5, 5.41) is 12.7. The first-order valence-corrected chi connectivity index (χ1v) is 5.73. The first kappa shape index (κ1) is 13.0. The molecule has 0 amide bonds. The largest absolute Gasteiger partial charge is 0.478 e. The van der Waals surface area contributed by atoms with E-state index in [2.05, 4.69) is 10.1 Å². The third-order valence-electron chi connectivity index (χ3n) is 2.54. The van der Waals surface area contributed by atoms with Crippen LogP contribution in [0.1, 0.15) is 41.8 Å². The van der Waals surface area contributed by atoms with E-state index in [1.807, 2.05) is 13.8 Å². The molecule has 0 saturated carbocycles. The van der Waals surface area contributed by atoms with Gasteiger partial charge in [-0.3, -0.25) is 4.79 Å². The Kier molecular flexibility index (Phi) is 3.46. The molecule has 0 unspecified atom stereocenters. The second kappa shape index (κ2) is 5.05. The Morgan fingerprint density at radius 1 is 1.47 bits per heavy atom. The van der Waals surface area contributed by atoms with Gasteiger partial charge in [0.05, 0.1) is 5.56 Å². The second-order valence-electron chi connectivity index (χ2n) is 4.39. The van der Waals surface area contributed by atoms with Crippen molar-refractivity contribution in [3.8, 4) is 0 Å². The fraction of sp³-hybridized carbons (Fsp3) is 0.333. The van der Waals surface area contributed by atoms with Crippen molar-refractivity contribution in [1.29, 1.82) is 0 Å². The number of hydrogen-bond acceptors (Lipinski definition) is 5. The highest BCUT2D eigenvalue weighted by Crippen LogP contribution is 2.10. The summed E-state index contributed by atoms with van der Waals surface area (Å²) >= 11 is 0. The summed E-state index contributed by atoms with van der Waals surface area (Å²) in [4.78, 5) is 26.6. The van der Waals surface area contributed by atoms with E-state index in [0.29, 0.717) is 5.82 Å². The molecule has 7 heteroatoms. The number of aromatic carboxylic acids is 1. The van der Waals surface area contributed by atoms with Crippen LogP contribution in [-0.4, -0.2) is 25.8 Å². The van der Waals surface area contributed by atoms with Crippen molar-refractivity contribution in [3.05, 3.63) is 46.0 Å². The molecule has 1 N–H and O–H groups in total. The van der Waals surface area contributed by atoms with E-state index in [1.165, 1.54) is 22.9 Å². The van der Waals surface area contributed by atoms with E-state index >= 15 is 0 Å². The van der Waals surface area contributed by atoms with Crippen molar-refractivity contribution in [2.75, 3.05) is 0 Å². The van der Waals surface area contributed by atoms with Crippen LogP contribution in [0.3, 0.4) is 0 Å². The smallest absolute Gasteiger partial charge is 0.337 e. The van der Waals surface area contributed by atoms with Gasteiger partial charge in [0.25, 0.3) is 5.56 Å². The number of pyridine rings is 1. The minimum atomic E-state index is -1.10. The van der Waals surface area contributed by atoms with Gasteiger partial charge in [0, 0.05) is 18.2 Å². The molecule has 19 heavy (non-hydrogen) atoms. The molecule has 0 spiro atoms. The van der Waals surface area contributed by atoms with Crippen LogP contribution in [0, 0.1) is 0 Å². The number of carboxylic acids is 1. The van der Waals surface area contributed by atoms with Gasteiger partial charge in [-0.05, 0) is 6.07 Å². The lowest BCUT2D eigenvalue weighted by atomic mass is 10.2. The van der Waals surface area contributed by atoms with E-state index in [0.717, 1.165) is 0 Å². The Morgan fingerprint density at radius 3 is 2.79 bits per heavy atom. The summed E-state index contributed by atoms with van der Waals surface area (Å²) in [5.74, 6) is -0.146. The van der Waals surface area contributed by atoms with Crippen molar-refractivity contribution in [3.63, 3.8) is 0 Å². The highest BCUT2D eigenvalue weighted by atomic mass is 16.5. The third kappa shape index (κ3) is 2.87. The van der Waals surface area contributed by atoms with Gasteiger partial charge in [0.2, 0.25) is 5.89 Å². The SMILES string of the molecule is CC(C)c1noc(Cn2cc(C(=O)O)ccc2=O)n1.